The minimum atomic E-state index is -0.0173. The molecule has 130 valence electrons. The van der Waals surface area contributed by atoms with E-state index in [0.717, 1.165) is 51.4 Å². The molecule has 0 unspecified atom stereocenters. The fourth-order valence-electron chi connectivity index (χ4n) is 2.83. The second-order valence-electron chi connectivity index (χ2n) is 6.50. The summed E-state index contributed by atoms with van der Waals surface area (Å²) in [6, 6.07) is 1.93. The quantitative estimate of drug-likeness (QED) is 0.738. The maximum absolute atomic E-state index is 12.4. The van der Waals surface area contributed by atoms with Crippen LogP contribution in [0.4, 0.5) is 0 Å². The van der Waals surface area contributed by atoms with Crippen molar-refractivity contribution in [2.24, 2.45) is 5.92 Å². The van der Waals surface area contributed by atoms with Crippen LogP contribution in [0.25, 0.3) is 0 Å². The van der Waals surface area contributed by atoms with E-state index in [0.29, 0.717) is 24.7 Å². The summed E-state index contributed by atoms with van der Waals surface area (Å²) in [4.78, 5) is 14.8. The van der Waals surface area contributed by atoms with Crippen LogP contribution in [0.5, 0.6) is 0 Å². The molecule has 0 radical (unpaired) electrons. The van der Waals surface area contributed by atoms with Crippen LogP contribution in [0.15, 0.2) is 6.07 Å². The zero-order valence-electron chi connectivity index (χ0n) is 14.7. The molecule has 0 spiro atoms. The number of hydrogen-bond acceptors (Lipinski definition) is 4. The average Bonchev–Trinajstić information content (AvgIpc) is 2.94. The minimum Gasteiger partial charge on any atom is -0.379 e. The summed E-state index contributed by atoms with van der Waals surface area (Å²) in [6.45, 7) is 12.4. The lowest BCUT2D eigenvalue weighted by atomic mass is 10.1. The lowest BCUT2D eigenvalue weighted by Gasteiger charge is -2.26. The zero-order valence-corrected chi connectivity index (χ0v) is 14.7. The van der Waals surface area contributed by atoms with Gasteiger partial charge in [-0.15, -0.1) is 0 Å². The van der Waals surface area contributed by atoms with Crippen LogP contribution in [-0.4, -0.2) is 60.0 Å². The number of nitrogens with zero attached hydrogens (tertiary/aromatic N) is 3. The van der Waals surface area contributed by atoms with E-state index >= 15 is 0 Å². The van der Waals surface area contributed by atoms with Gasteiger partial charge < -0.3 is 10.1 Å². The first-order chi connectivity index (χ1) is 11.1. The maximum atomic E-state index is 12.4. The Morgan fingerprint density at radius 3 is 2.78 bits per heavy atom. The Bertz CT molecular complexity index is 493. The van der Waals surface area contributed by atoms with Crippen LogP contribution in [0.1, 0.15) is 43.4 Å². The highest BCUT2D eigenvalue weighted by Gasteiger charge is 2.15. The highest BCUT2D eigenvalue weighted by molar-refractivity contribution is 5.92. The Hall–Kier alpha value is -1.40. The predicted molar refractivity (Wildman–Crippen MR) is 90.7 cm³/mol. The highest BCUT2D eigenvalue weighted by Crippen LogP contribution is 2.10. The normalized spacial score (nSPS) is 16.0. The van der Waals surface area contributed by atoms with Crippen molar-refractivity contribution in [3.05, 3.63) is 17.5 Å². The Labute approximate surface area is 139 Å². The number of aryl methyl sites for hydroxylation is 1. The Kier molecular flexibility index (Phi) is 7.05. The molecule has 1 saturated heterocycles. The molecule has 0 aromatic carbocycles. The number of amides is 1. The fraction of sp³-hybridized carbons (Fsp3) is 0.765. The van der Waals surface area contributed by atoms with E-state index in [1.54, 1.807) is 4.68 Å². The van der Waals surface area contributed by atoms with Gasteiger partial charge in [0, 0.05) is 26.2 Å². The van der Waals surface area contributed by atoms with Crippen LogP contribution in [0, 0.1) is 5.92 Å². The molecule has 1 amide bonds. The number of aromatic nitrogens is 2. The number of morpholine rings is 1. The molecule has 2 rings (SSSR count). The van der Waals surface area contributed by atoms with Gasteiger partial charge in [0.1, 0.15) is 5.69 Å². The molecule has 6 heteroatoms. The first-order valence-corrected chi connectivity index (χ1v) is 8.75. The molecular formula is C17H30N4O2. The molecule has 1 aliphatic heterocycles. The van der Waals surface area contributed by atoms with E-state index < -0.39 is 0 Å². The van der Waals surface area contributed by atoms with Crippen molar-refractivity contribution < 1.29 is 9.53 Å². The van der Waals surface area contributed by atoms with Crippen molar-refractivity contribution in [1.82, 2.24) is 20.0 Å². The first-order valence-electron chi connectivity index (χ1n) is 8.75. The third kappa shape index (κ3) is 5.62. The van der Waals surface area contributed by atoms with Crippen molar-refractivity contribution in [3.63, 3.8) is 0 Å². The van der Waals surface area contributed by atoms with E-state index in [4.69, 9.17) is 4.74 Å². The molecule has 1 aromatic heterocycles. The molecule has 23 heavy (non-hydrogen) atoms. The largest absolute Gasteiger partial charge is 0.379 e. The highest BCUT2D eigenvalue weighted by atomic mass is 16.5. The second kappa shape index (κ2) is 9.03. The van der Waals surface area contributed by atoms with Crippen molar-refractivity contribution in [2.45, 2.75) is 40.2 Å². The monoisotopic (exact) mass is 322 g/mol. The SMILES string of the molecule is CCn1nc(CC(C)C)cc1C(=O)NCCCN1CCOCC1. The van der Waals surface area contributed by atoms with Gasteiger partial charge in [0.05, 0.1) is 18.9 Å². The number of ether oxygens (including phenoxy) is 1. The maximum Gasteiger partial charge on any atom is 0.269 e. The van der Waals surface area contributed by atoms with Gasteiger partial charge in [-0.2, -0.15) is 5.10 Å². The lowest BCUT2D eigenvalue weighted by molar-refractivity contribution is 0.0374. The molecule has 0 atom stereocenters. The van der Waals surface area contributed by atoms with Crippen LogP contribution >= 0.6 is 0 Å². The Balaban J connectivity index is 1.79. The number of rotatable bonds is 8. The number of carbonyl (C=O) groups excluding carboxylic acids is 1. The van der Waals surface area contributed by atoms with Crippen LogP contribution < -0.4 is 5.32 Å². The fourth-order valence-corrected chi connectivity index (χ4v) is 2.83. The van der Waals surface area contributed by atoms with Crippen LogP contribution in [-0.2, 0) is 17.7 Å². The molecule has 0 bridgehead atoms. The van der Waals surface area contributed by atoms with Gasteiger partial charge in [-0.1, -0.05) is 13.8 Å². The predicted octanol–water partition coefficient (Wildman–Crippen LogP) is 1.55. The molecular weight excluding hydrogens is 292 g/mol. The van der Waals surface area contributed by atoms with Gasteiger partial charge in [-0.05, 0) is 38.3 Å². The summed E-state index contributed by atoms with van der Waals surface area (Å²) in [5, 5.41) is 7.55. The van der Waals surface area contributed by atoms with Gasteiger partial charge in [-0.25, -0.2) is 0 Å². The van der Waals surface area contributed by atoms with Crippen molar-refractivity contribution >= 4 is 5.91 Å². The van der Waals surface area contributed by atoms with Crippen LogP contribution in [0.2, 0.25) is 0 Å². The molecule has 0 saturated carbocycles. The summed E-state index contributed by atoms with van der Waals surface area (Å²) >= 11 is 0. The van der Waals surface area contributed by atoms with Gasteiger partial charge in [0.25, 0.3) is 5.91 Å². The van der Waals surface area contributed by atoms with Gasteiger partial charge >= 0.3 is 0 Å². The van der Waals surface area contributed by atoms with E-state index in [9.17, 15) is 4.79 Å². The standard InChI is InChI=1S/C17H30N4O2/c1-4-21-16(13-15(19-21)12-14(2)3)17(22)18-6-5-7-20-8-10-23-11-9-20/h13-14H,4-12H2,1-3H3,(H,18,22). The second-order valence-corrected chi connectivity index (χ2v) is 6.50. The smallest absolute Gasteiger partial charge is 0.269 e. The summed E-state index contributed by atoms with van der Waals surface area (Å²) in [7, 11) is 0. The molecule has 1 N–H and O–H groups in total. The number of hydrogen-bond donors (Lipinski definition) is 1. The van der Waals surface area contributed by atoms with Crippen LogP contribution in [0.3, 0.4) is 0 Å². The summed E-state index contributed by atoms with van der Waals surface area (Å²) in [5.74, 6) is 0.524. The average molecular weight is 322 g/mol. The van der Waals surface area contributed by atoms with E-state index in [-0.39, 0.29) is 5.91 Å². The Morgan fingerprint density at radius 2 is 2.13 bits per heavy atom. The third-order valence-electron chi connectivity index (χ3n) is 4.02. The van der Waals surface area contributed by atoms with Gasteiger partial charge in [0.2, 0.25) is 0 Å². The molecule has 1 aliphatic rings. The first kappa shape index (κ1) is 17.9. The molecule has 0 aliphatic carbocycles. The van der Waals surface area contributed by atoms with Crippen molar-refractivity contribution in [3.8, 4) is 0 Å². The molecule has 1 aromatic rings. The summed E-state index contributed by atoms with van der Waals surface area (Å²) in [5.41, 5.74) is 1.68. The minimum absolute atomic E-state index is 0.0173. The Morgan fingerprint density at radius 1 is 1.39 bits per heavy atom. The van der Waals surface area contributed by atoms with Gasteiger partial charge in [-0.3, -0.25) is 14.4 Å². The van der Waals surface area contributed by atoms with Gasteiger partial charge in [0.15, 0.2) is 0 Å². The summed E-state index contributed by atoms with van der Waals surface area (Å²) < 4.78 is 7.14. The number of carbonyl (C=O) groups is 1. The molecule has 1 fully saturated rings. The van der Waals surface area contributed by atoms with Crippen molar-refractivity contribution in [2.75, 3.05) is 39.4 Å². The van der Waals surface area contributed by atoms with E-state index in [2.05, 4.69) is 29.2 Å². The van der Waals surface area contributed by atoms with E-state index in [1.807, 2.05) is 13.0 Å². The number of nitrogens with one attached hydrogen (secondary N) is 1. The topological polar surface area (TPSA) is 59.4 Å². The zero-order chi connectivity index (χ0) is 16.7. The van der Waals surface area contributed by atoms with E-state index in [1.165, 1.54) is 0 Å². The third-order valence-corrected chi connectivity index (χ3v) is 4.02. The lowest BCUT2D eigenvalue weighted by Crippen LogP contribution is -2.38. The summed E-state index contributed by atoms with van der Waals surface area (Å²) in [6.07, 6.45) is 1.87. The van der Waals surface area contributed by atoms with Crippen molar-refractivity contribution in [1.29, 1.82) is 0 Å². The molecule has 6 nitrogen and oxygen atoms in total. The molecule has 2 heterocycles.